The largest absolute Gasteiger partial charge is 0.352 e. The first kappa shape index (κ1) is 23.9. The molecule has 3 aromatic carbocycles. The number of amides is 1. The lowest BCUT2D eigenvalue weighted by atomic mass is 10.1. The van der Waals surface area contributed by atoms with Gasteiger partial charge in [0.2, 0.25) is 10.0 Å². The molecule has 4 aromatic rings. The van der Waals surface area contributed by atoms with E-state index in [-0.39, 0.29) is 10.8 Å². The van der Waals surface area contributed by atoms with Gasteiger partial charge in [-0.05, 0) is 53.2 Å². The van der Waals surface area contributed by atoms with Crippen molar-refractivity contribution in [2.24, 2.45) is 0 Å². The lowest BCUT2D eigenvalue weighted by molar-refractivity contribution is 0.0746. The summed E-state index contributed by atoms with van der Waals surface area (Å²) in [6, 6.07) is 24.5. The Kier molecular flexibility index (Phi) is 6.42. The second-order valence-corrected chi connectivity index (χ2v) is 11.1. The van der Waals surface area contributed by atoms with Gasteiger partial charge in [0.25, 0.3) is 5.91 Å². The molecule has 1 amide bonds. The Bertz CT molecular complexity index is 1490. The molecule has 0 aliphatic carbocycles. The van der Waals surface area contributed by atoms with Gasteiger partial charge in [0.05, 0.1) is 10.6 Å². The van der Waals surface area contributed by atoms with Gasteiger partial charge in [0, 0.05) is 51.4 Å². The van der Waals surface area contributed by atoms with E-state index in [0.29, 0.717) is 31.7 Å². The molecule has 0 unspecified atom stereocenters. The molecule has 0 atom stereocenters. The molecule has 8 nitrogen and oxygen atoms in total. The van der Waals surface area contributed by atoms with Crippen molar-refractivity contribution >= 4 is 32.5 Å². The Morgan fingerprint density at radius 2 is 1.50 bits per heavy atom. The fraction of sp³-hybridized carbons (Fsp3) is 0.222. The molecule has 5 rings (SSSR count). The molecule has 0 bridgehead atoms. The molecule has 1 aliphatic rings. The highest BCUT2D eigenvalue weighted by Crippen LogP contribution is 2.24. The molecule has 1 aliphatic heterocycles. The Labute approximate surface area is 210 Å². The second-order valence-electron chi connectivity index (χ2n) is 8.93. The van der Waals surface area contributed by atoms with Gasteiger partial charge in [0.15, 0.2) is 5.82 Å². The zero-order valence-corrected chi connectivity index (χ0v) is 21.0. The van der Waals surface area contributed by atoms with Crippen molar-refractivity contribution in [1.29, 1.82) is 0 Å². The van der Waals surface area contributed by atoms with E-state index >= 15 is 0 Å². The van der Waals surface area contributed by atoms with Crippen LogP contribution in [-0.2, 0) is 10.0 Å². The van der Waals surface area contributed by atoms with Crippen LogP contribution >= 0.6 is 0 Å². The zero-order chi connectivity index (χ0) is 25.3. The average molecular weight is 502 g/mol. The van der Waals surface area contributed by atoms with Crippen LogP contribution in [0.3, 0.4) is 0 Å². The van der Waals surface area contributed by atoms with Gasteiger partial charge < -0.3 is 9.80 Å². The third-order valence-corrected chi connectivity index (χ3v) is 8.30. The Hall–Kier alpha value is -3.82. The van der Waals surface area contributed by atoms with Crippen LogP contribution in [0.25, 0.3) is 22.0 Å². The van der Waals surface area contributed by atoms with Crippen LogP contribution in [0, 0.1) is 0 Å². The van der Waals surface area contributed by atoms with Crippen LogP contribution in [0.4, 0.5) is 5.82 Å². The second kappa shape index (κ2) is 9.67. The normalized spacial score (nSPS) is 14.4. The van der Waals surface area contributed by atoms with E-state index in [1.165, 1.54) is 31.6 Å². The number of aromatic nitrogens is 2. The number of carbonyl (C=O) groups excluding carboxylic acids is 1. The number of rotatable bonds is 5. The topological polar surface area (TPSA) is 86.7 Å². The lowest BCUT2D eigenvalue weighted by Gasteiger charge is -2.35. The van der Waals surface area contributed by atoms with Gasteiger partial charge in [-0.1, -0.05) is 36.4 Å². The van der Waals surface area contributed by atoms with Gasteiger partial charge in [0.1, 0.15) is 0 Å². The van der Waals surface area contributed by atoms with E-state index in [2.05, 4.69) is 45.4 Å². The van der Waals surface area contributed by atoms with E-state index < -0.39 is 10.0 Å². The summed E-state index contributed by atoms with van der Waals surface area (Å²) in [5.41, 5.74) is 2.31. The highest BCUT2D eigenvalue weighted by atomic mass is 32.2. The van der Waals surface area contributed by atoms with Gasteiger partial charge in [-0.3, -0.25) is 4.79 Å². The summed E-state index contributed by atoms with van der Waals surface area (Å²) < 4.78 is 25.7. The SMILES string of the molecule is CN(C)S(=O)(=O)c1ccc(C(=O)N2CCN(c3ccc(-c4ccc5ccccc5c4)nn3)CC2)cc1. The van der Waals surface area contributed by atoms with E-state index in [1.807, 2.05) is 24.3 Å². The van der Waals surface area contributed by atoms with Crippen LogP contribution in [0.15, 0.2) is 83.8 Å². The molecule has 9 heteroatoms. The summed E-state index contributed by atoms with van der Waals surface area (Å²) in [7, 11) is -0.561. The van der Waals surface area contributed by atoms with E-state index in [1.54, 1.807) is 17.0 Å². The highest BCUT2D eigenvalue weighted by Gasteiger charge is 2.24. The van der Waals surface area contributed by atoms with Crippen molar-refractivity contribution in [2.45, 2.75) is 4.90 Å². The quantitative estimate of drug-likeness (QED) is 0.416. The Morgan fingerprint density at radius 1 is 0.806 bits per heavy atom. The molecule has 1 saturated heterocycles. The molecule has 1 fully saturated rings. The molecule has 36 heavy (non-hydrogen) atoms. The number of nitrogens with zero attached hydrogens (tertiary/aromatic N) is 5. The molecule has 0 saturated carbocycles. The van der Waals surface area contributed by atoms with Crippen molar-refractivity contribution in [3.05, 3.63) is 84.4 Å². The van der Waals surface area contributed by atoms with E-state index in [9.17, 15) is 13.2 Å². The maximum Gasteiger partial charge on any atom is 0.253 e. The number of benzene rings is 3. The summed E-state index contributed by atoms with van der Waals surface area (Å²) in [5, 5.41) is 11.2. The third-order valence-electron chi connectivity index (χ3n) is 6.47. The van der Waals surface area contributed by atoms with Gasteiger partial charge >= 0.3 is 0 Å². The number of fused-ring (bicyclic) bond motifs is 1. The Balaban J connectivity index is 1.22. The van der Waals surface area contributed by atoms with E-state index in [0.717, 1.165) is 26.8 Å². The predicted octanol–water partition coefficient (Wildman–Crippen LogP) is 3.51. The summed E-state index contributed by atoms with van der Waals surface area (Å²) in [4.78, 5) is 17.0. The summed E-state index contributed by atoms with van der Waals surface area (Å²) >= 11 is 0. The van der Waals surface area contributed by atoms with Gasteiger partial charge in [-0.25, -0.2) is 12.7 Å². The fourth-order valence-electron chi connectivity index (χ4n) is 4.30. The van der Waals surface area contributed by atoms with Crippen LogP contribution < -0.4 is 4.90 Å². The predicted molar refractivity (Wildman–Crippen MR) is 140 cm³/mol. The summed E-state index contributed by atoms with van der Waals surface area (Å²) in [6.45, 7) is 2.38. The Morgan fingerprint density at radius 3 is 2.14 bits per heavy atom. The zero-order valence-electron chi connectivity index (χ0n) is 20.2. The highest BCUT2D eigenvalue weighted by molar-refractivity contribution is 7.89. The lowest BCUT2D eigenvalue weighted by Crippen LogP contribution is -2.49. The first-order valence-electron chi connectivity index (χ1n) is 11.7. The molecular formula is C27H27N5O3S. The molecule has 1 aromatic heterocycles. The summed E-state index contributed by atoms with van der Waals surface area (Å²) in [5.74, 6) is 0.672. The molecule has 0 spiro atoms. The van der Waals surface area contributed by atoms with Crippen LogP contribution in [0.5, 0.6) is 0 Å². The van der Waals surface area contributed by atoms with Crippen molar-refractivity contribution in [3.8, 4) is 11.3 Å². The number of carbonyl (C=O) groups is 1. The maximum absolute atomic E-state index is 13.0. The van der Waals surface area contributed by atoms with Crippen molar-refractivity contribution in [2.75, 3.05) is 45.2 Å². The number of hydrogen-bond donors (Lipinski definition) is 0. The first-order valence-corrected chi connectivity index (χ1v) is 13.2. The average Bonchev–Trinajstić information content (AvgIpc) is 2.92. The minimum atomic E-state index is -3.52. The van der Waals surface area contributed by atoms with Crippen LogP contribution in [0.2, 0.25) is 0 Å². The summed E-state index contributed by atoms with van der Waals surface area (Å²) in [6.07, 6.45) is 0. The molecule has 0 N–H and O–H groups in total. The minimum Gasteiger partial charge on any atom is -0.352 e. The van der Waals surface area contributed by atoms with Crippen molar-refractivity contribution < 1.29 is 13.2 Å². The van der Waals surface area contributed by atoms with Gasteiger partial charge in [-0.15, -0.1) is 10.2 Å². The smallest absolute Gasteiger partial charge is 0.253 e. The third kappa shape index (κ3) is 4.67. The number of hydrogen-bond acceptors (Lipinski definition) is 6. The van der Waals surface area contributed by atoms with E-state index in [4.69, 9.17) is 0 Å². The first-order chi connectivity index (χ1) is 17.3. The number of piperazine rings is 1. The van der Waals surface area contributed by atoms with Crippen LogP contribution in [-0.4, -0.2) is 74.0 Å². The molecule has 2 heterocycles. The van der Waals surface area contributed by atoms with Crippen molar-refractivity contribution in [1.82, 2.24) is 19.4 Å². The molecule has 184 valence electrons. The van der Waals surface area contributed by atoms with Crippen LogP contribution in [0.1, 0.15) is 10.4 Å². The number of sulfonamides is 1. The monoisotopic (exact) mass is 501 g/mol. The molecular weight excluding hydrogens is 474 g/mol. The van der Waals surface area contributed by atoms with Crippen molar-refractivity contribution in [3.63, 3.8) is 0 Å². The van der Waals surface area contributed by atoms with Gasteiger partial charge in [-0.2, -0.15) is 0 Å². The fourth-order valence-corrected chi connectivity index (χ4v) is 5.20. The maximum atomic E-state index is 13.0. The molecule has 0 radical (unpaired) electrons. The minimum absolute atomic E-state index is 0.110. The number of anilines is 1. The standard InChI is InChI=1S/C27H27N5O3S/c1-30(2)36(34,35)24-11-9-21(10-12-24)27(33)32-17-15-31(16-18-32)26-14-13-25(28-29-26)23-8-7-20-5-3-4-6-22(20)19-23/h3-14,19H,15-18H2,1-2H3.